The molecule has 1 fully saturated rings. The van der Waals surface area contributed by atoms with Gasteiger partial charge >= 0.3 is 0 Å². The molecule has 1 aliphatic rings. The lowest BCUT2D eigenvalue weighted by Crippen LogP contribution is -2.32. The summed E-state index contributed by atoms with van der Waals surface area (Å²) >= 11 is 0. The highest BCUT2D eigenvalue weighted by atomic mass is 16.2. The maximum atomic E-state index is 12.1. The van der Waals surface area contributed by atoms with Crippen molar-refractivity contribution in [1.82, 2.24) is 5.32 Å². The van der Waals surface area contributed by atoms with Gasteiger partial charge < -0.3 is 10.6 Å². The van der Waals surface area contributed by atoms with E-state index in [2.05, 4.69) is 29.7 Å². The molecule has 0 spiro atoms. The van der Waals surface area contributed by atoms with Gasteiger partial charge in [0.05, 0.1) is 5.41 Å². The molecule has 0 aliphatic heterocycles. The summed E-state index contributed by atoms with van der Waals surface area (Å²) in [5.74, 6) is 0.149. The number of anilines is 1. The van der Waals surface area contributed by atoms with Crippen molar-refractivity contribution < 1.29 is 4.79 Å². The second kappa shape index (κ2) is 4.88. The number of amides is 1. The van der Waals surface area contributed by atoms with Crippen molar-refractivity contribution in [3.05, 3.63) is 29.8 Å². The summed E-state index contributed by atoms with van der Waals surface area (Å²) in [6, 6.07) is 8.08. The third-order valence-corrected chi connectivity index (χ3v) is 3.47. The molecule has 1 saturated carbocycles. The Kier molecular flexibility index (Phi) is 3.48. The largest absolute Gasteiger partial charge is 0.326 e. The van der Waals surface area contributed by atoms with Crippen LogP contribution in [-0.4, -0.2) is 19.5 Å². The zero-order valence-electron chi connectivity index (χ0n) is 10.5. The number of rotatable bonds is 5. The first-order valence-electron chi connectivity index (χ1n) is 6.25. The van der Waals surface area contributed by atoms with E-state index in [1.165, 1.54) is 5.56 Å². The highest BCUT2D eigenvalue weighted by Crippen LogP contribution is 2.45. The van der Waals surface area contributed by atoms with Gasteiger partial charge in [-0.3, -0.25) is 4.79 Å². The first-order chi connectivity index (χ1) is 8.20. The Balaban J connectivity index is 1.98. The summed E-state index contributed by atoms with van der Waals surface area (Å²) in [7, 11) is 1.89. The Labute approximate surface area is 103 Å². The monoisotopic (exact) mass is 232 g/mol. The van der Waals surface area contributed by atoms with Crippen LogP contribution in [-0.2, 0) is 11.2 Å². The van der Waals surface area contributed by atoms with Gasteiger partial charge in [0.1, 0.15) is 0 Å². The molecule has 3 heteroatoms. The van der Waals surface area contributed by atoms with Crippen molar-refractivity contribution in [1.29, 1.82) is 0 Å². The number of carbonyl (C=O) groups excluding carboxylic acids is 1. The van der Waals surface area contributed by atoms with Crippen molar-refractivity contribution in [2.75, 3.05) is 18.9 Å². The van der Waals surface area contributed by atoms with E-state index < -0.39 is 0 Å². The lowest BCUT2D eigenvalue weighted by atomic mass is 10.1. The van der Waals surface area contributed by atoms with Gasteiger partial charge in [-0.1, -0.05) is 19.1 Å². The summed E-state index contributed by atoms with van der Waals surface area (Å²) < 4.78 is 0. The maximum Gasteiger partial charge on any atom is 0.231 e. The molecular weight excluding hydrogens is 212 g/mol. The lowest BCUT2D eigenvalue weighted by molar-refractivity contribution is -0.120. The Morgan fingerprint density at radius 2 is 1.94 bits per heavy atom. The van der Waals surface area contributed by atoms with Gasteiger partial charge in [0.15, 0.2) is 0 Å². The second-order valence-electron chi connectivity index (χ2n) is 4.82. The fourth-order valence-corrected chi connectivity index (χ4v) is 2.06. The Bertz CT molecular complexity index is 393. The van der Waals surface area contributed by atoms with Crippen LogP contribution in [0.3, 0.4) is 0 Å². The highest BCUT2D eigenvalue weighted by Gasteiger charge is 2.49. The number of hydrogen-bond acceptors (Lipinski definition) is 2. The van der Waals surface area contributed by atoms with Gasteiger partial charge in [0.2, 0.25) is 5.91 Å². The van der Waals surface area contributed by atoms with Crippen molar-refractivity contribution in [3.63, 3.8) is 0 Å². The predicted octanol–water partition coefficient (Wildman–Crippen LogP) is 2.19. The predicted molar refractivity (Wildman–Crippen MR) is 70.0 cm³/mol. The van der Waals surface area contributed by atoms with E-state index in [1.807, 2.05) is 19.2 Å². The van der Waals surface area contributed by atoms with Crippen molar-refractivity contribution in [2.45, 2.75) is 26.2 Å². The number of hydrogen-bond donors (Lipinski definition) is 2. The number of aryl methyl sites for hydroxylation is 1. The van der Waals surface area contributed by atoms with E-state index in [4.69, 9.17) is 0 Å². The Morgan fingerprint density at radius 1 is 1.29 bits per heavy atom. The van der Waals surface area contributed by atoms with Gasteiger partial charge in [-0.15, -0.1) is 0 Å². The average Bonchev–Trinajstić information content (AvgIpc) is 3.12. The van der Waals surface area contributed by atoms with Gasteiger partial charge in [0.25, 0.3) is 0 Å². The normalized spacial score (nSPS) is 16.6. The van der Waals surface area contributed by atoms with Crippen LogP contribution >= 0.6 is 0 Å². The summed E-state index contributed by atoms with van der Waals surface area (Å²) in [5, 5.41) is 6.10. The molecule has 2 rings (SSSR count). The fourth-order valence-electron chi connectivity index (χ4n) is 2.06. The first kappa shape index (κ1) is 12.1. The van der Waals surface area contributed by atoms with E-state index in [1.54, 1.807) is 0 Å². The molecule has 1 aliphatic carbocycles. The van der Waals surface area contributed by atoms with E-state index in [0.717, 1.165) is 31.5 Å². The third-order valence-electron chi connectivity index (χ3n) is 3.47. The highest BCUT2D eigenvalue weighted by molar-refractivity contribution is 5.97. The molecule has 0 atom stereocenters. The summed E-state index contributed by atoms with van der Waals surface area (Å²) in [6.07, 6.45) is 3.01. The average molecular weight is 232 g/mol. The summed E-state index contributed by atoms with van der Waals surface area (Å²) in [5.41, 5.74) is 2.03. The molecule has 3 nitrogen and oxygen atoms in total. The summed E-state index contributed by atoms with van der Waals surface area (Å²) in [4.78, 5) is 12.1. The topological polar surface area (TPSA) is 41.1 Å². The number of carbonyl (C=O) groups is 1. The van der Waals surface area contributed by atoms with E-state index in [9.17, 15) is 4.79 Å². The first-order valence-corrected chi connectivity index (χ1v) is 6.25. The Hall–Kier alpha value is -1.35. The van der Waals surface area contributed by atoms with Crippen molar-refractivity contribution in [2.24, 2.45) is 5.41 Å². The number of nitrogens with one attached hydrogen (secondary N) is 2. The quantitative estimate of drug-likeness (QED) is 0.817. The van der Waals surface area contributed by atoms with Gasteiger partial charge in [-0.05, 0) is 44.0 Å². The van der Waals surface area contributed by atoms with Crippen molar-refractivity contribution in [3.8, 4) is 0 Å². The third kappa shape index (κ3) is 2.67. The van der Waals surface area contributed by atoms with Crippen molar-refractivity contribution >= 4 is 11.6 Å². The van der Waals surface area contributed by atoms with E-state index in [0.29, 0.717) is 0 Å². The van der Waals surface area contributed by atoms with Crippen LogP contribution < -0.4 is 10.6 Å². The molecule has 1 amide bonds. The molecule has 17 heavy (non-hydrogen) atoms. The van der Waals surface area contributed by atoms with E-state index in [-0.39, 0.29) is 11.3 Å². The van der Waals surface area contributed by atoms with Crippen LogP contribution in [0.2, 0.25) is 0 Å². The minimum atomic E-state index is -0.155. The molecule has 1 aromatic rings. The van der Waals surface area contributed by atoms with Gasteiger partial charge in [0, 0.05) is 12.2 Å². The molecule has 0 saturated heterocycles. The van der Waals surface area contributed by atoms with Gasteiger partial charge in [-0.25, -0.2) is 0 Å². The molecule has 1 aromatic carbocycles. The van der Waals surface area contributed by atoms with Crippen LogP contribution in [0.5, 0.6) is 0 Å². The zero-order valence-corrected chi connectivity index (χ0v) is 10.5. The Morgan fingerprint density at radius 3 is 2.41 bits per heavy atom. The van der Waals surface area contributed by atoms with Crippen LogP contribution in [0.4, 0.5) is 5.69 Å². The SMILES string of the molecule is CCc1ccc(NC(=O)C2(CNC)CC2)cc1. The lowest BCUT2D eigenvalue weighted by Gasteiger charge is -2.14. The van der Waals surface area contributed by atoms with Crippen LogP contribution in [0.25, 0.3) is 0 Å². The summed E-state index contributed by atoms with van der Waals surface area (Å²) in [6.45, 7) is 2.89. The van der Waals surface area contributed by atoms with E-state index >= 15 is 0 Å². The minimum absolute atomic E-state index is 0.149. The molecule has 92 valence electrons. The molecule has 0 bridgehead atoms. The molecular formula is C14H20N2O. The number of benzene rings is 1. The molecule has 0 radical (unpaired) electrons. The molecule has 0 unspecified atom stereocenters. The fraction of sp³-hybridized carbons (Fsp3) is 0.500. The molecule has 0 heterocycles. The molecule has 0 aromatic heterocycles. The maximum absolute atomic E-state index is 12.1. The standard InChI is InChI=1S/C14H20N2O/c1-3-11-4-6-12(7-5-11)16-13(17)14(8-9-14)10-15-2/h4-7,15H,3,8-10H2,1-2H3,(H,16,17). The van der Waals surface area contributed by atoms with Crippen LogP contribution in [0.1, 0.15) is 25.3 Å². The minimum Gasteiger partial charge on any atom is -0.326 e. The zero-order chi connectivity index (χ0) is 12.3. The molecule has 2 N–H and O–H groups in total. The van der Waals surface area contributed by atoms with Crippen LogP contribution in [0.15, 0.2) is 24.3 Å². The smallest absolute Gasteiger partial charge is 0.231 e. The van der Waals surface area contributed by atoms with Gasteiger partial charge in [-0.2, -0.15) is 0 Å². The second-order valence-corrected chi connectivity index (χ2v) is 4.82. The van der Waals surface area contributed by atoms with Crippen LogP contribution in [0, 0.1) is 5.41 Å².